The SMILES string of the molecule is FC(F)(F)Cc1ccc(C(F)(F)CI)nc1. The molecule has 1 rings (SSSR count). The van der Waals surface area contributed by atoms with Crippen molar-refractivity contribution in [3.63, 3.8) is 0 Å². The highest BCUT2D eigenvalue weighted by Gasteiger charge is 2.32. The molecule has 90 valence electrons. The second kappa shape index (κ2) is 4.80. The maximum Gasteiger partial charge on any atom is 0.393 e. The van der Waals surface area contributed by atoms with Crippen molar-refractivity contribution in [1.82, 2.24) is 4.98 Å². The molecule has 0 N–H and O–H groups in total. The highest BCUT2D eigenvalue weighted by molar-refractivity contribution is 14.1. The maximum absolute atomic E-state index is 13.1. The number of rotatable bonds is 3. The molecule has 0 atom stereocenters. The molecule has 0 amide bonds. The van der Waals surface area contributed by atoms with Crippen LogP contribution >= 0.6 is 22.6 Å². The monoisotopic (exact) mass is 351 g/mol. The maximum atomic E-state index is 13.1. The van der Waals surface area contributed by atoms with E-state index in [0.29, 0.717) is 0 Å². The fraction of sp³-hybridized carbons (Fsp3) is 0.444. The topological polar surface area (TPSA) is 12.9 Å². The van der Waals surface area contributed by atoms with Gasteiger partial charge < -0.3 is 0 Å². The molecule has 0 aliphatic carbocycles. The van der Waals surface area contributed by atoms with Gasteiger partial charge >= 0.3 is 6.18 Å². The smallest absolute Gasteiger partial charge is 0.255 e. The lowest BCUT2D eigenvalue weighted by Crippen LogP contribution is -2.17. The molecule has 0 fully saturated rings. The van der Waals surface area contributed by atoms with Crippen molar-refractivity contribution in [2.45, 2.75) is 18.5 Å². The van der Waals surface area contributed by atoms with Gasteiger partial charge in [0.1, 0.15) is 5.69 Å². The van der Waals surface area contributed by atoms with E-state index < -0.39 is 28.6 Å². The van der Waals surface area contributed by atoms with Crippen molar-refractivity contribution in [1.29, 1.82) is 0 Å². The van der Waals surface area contributed by atoms with E-state index in [0.717, 1.165) is 18.3 Å². The summed E-state index contributed by atoms with van der Waals surface area (Å²) >= 11 is 1.49. The van der Waals surface area contributed by atoms with Gasteiger partial charge in [0.15, 0.2) is 0 Å². The Labute approximate surface area is 102 Å². The molecular weight excluding hydrogens is 344 g/mol. The molecule has 0 bridgehead atoms. The molecule has 1 heterocycles. The summed E-state index contributed by atoms with van der Waals surface area (Å²) in [6.45, 7) is 0. The van der Waals surface area contributed by atoms with Crippen LogP contribution in [0.3, 0.4) is 0 Å². The average molecular weight is 351 g/mol. The van der Waals surface area contributed by atoms with E-state index in [9.17, 15) is 22.0 Å². The third-order valence-corrected chi connectivity index (χ3v) is 2.73. The van der Waals surface area contributed by atoms with Crippen LogP contribution in [0.4, 0.5) is 22.0 Å². The van der Waals surface area contributed by atoms with Crippen LogP contribution < -0.4 is 0 Å². The molecule has 0 aliphatic heterocycles. The first-order valence-corrected chi connectivity index (χ1v) is 5.73. The van der Waals surface area contributed by atoms with Gasteiger partial charge in [-0.15, -0.1) is 0 Å². The molecule has 0 spiro atoms. The van der Waals surface area contributed by atoms with E-state index in [1.54, 1.807) is 0 Å². The first kappa shape index (κ1) is 13.6. The minimum atomic E-state index is -4.35. The Morgan fingerprint density at radius 1 is 1.12 bits per heavy atom. The minimum Gasteiger partial charge on any atom is -0.255 e. The molecule has 1 aromatic rings. The van der Waals surface area contributed by atoms with E-state index in [1.807, 2.05) is 0 Å². The lowest BCUT2D eigenvalue weighted by molar-refractivity contribution is -0.127. The Kier molecular flexibility index (Phi) is 4.08. The number of halogens is 6. The molecule has 0 radical (unpaired) electrons. The minimum absolute atomic E-state index is 0.125. The summed E-state index contributed by atoms with van der Waals surface area (Å²) in [5.74, 6) is -3.10. The Hall–Kier alpha value is -0.470. The van der Waals surface area contributed by atoms with Crippen molar-refractivity contribution in [3.05, 3.63) is 29.6 Å². The quantitative estimate of drug-likeness (QED) is 0.460. The van der Waals surface area contributed by atoms with E-state index in [1.165, 1.54) is 22.6 Å². The first-order chi connectivity index (χ1) is 7.24. The third-order valence-electron chi connectivity index (χ3n) is 1.77. The summed E-state index contributed by atoms with van der Waals surface area (Å²) in [5, 5.41) is 0. The number of aromatic nitrogens is 1. The van der Waals surface area contributed by atoms with Crippen LogP contribution in [0.25, 0.3) is 0 Å². The van der Waals surface area contributed by atoms with Crippen LogP contribution in [0.5, 0.6) is 0 Å². The van der Waals surface area contributed by atoms with E-state index in [-0.39, 0.29) is 5.56 Å². The third kappa shape index (κ3) is 3.84. The van der Waals surface area contributed by atoms with Crippen molar-refractivity contribution >= 4 is 22.6 Å². The molecule has 7 heteroatoms. The second-order valence-corrected chi connectivity index (χ2v) is 3.94. The van der Waals surface area contributed by atoms with E-state index >= 15 is 0 Å². The molecule has 1 aromatic heterocycles. The second-order valence-electron chi connectivity index (χ2n) is 3.18. The number of hydrogen-bond acceptors (Lipinski definition) is 1. The molecule has 1 nitrogen and oxygen atoms in total. The summed E-state index contributed by atoms with van der Waals surface area (Å²) in [7, 11) is 0. The number of nitrogens with zero attached hydrogens (tertiary/aromatic N) is 1. The standard InChI is InChI=1S/C9H7F5IN/c10-8(11,5-15)7-2-1-6(4-16-7)3-9(12,13)14/h1-2,4H,3,5H2. The van der Waals surface area contributed by atoms with Crippen LogP contribution in [0.2, 0.25) is 0 Å². The van der Waals surface area contributed by atoms with E-state index in [4.69, 9.17) is 0 Å². The fourth-order valence-corrected chi connectivity index (χ4v) is 1.44. The predicted molar refractivity (Wildman–Crippen MR) is 56.8 cm³/mol. The Morgan fingerprint density at radius 3 is 2.12 bits per heavy atom. The largest absolute Gasteiger partial charge is 0.393 e. The van der Waals surface area contributed by atoms with Gasteiger partial charge in [-0.05, 0) is 11.6 Å². The number of pyridine rings is 1. The normalized spacial score (nSPS) is 12.9. The Morgan fingerprint density at radius 2 is 1.75 bits per heavy atom. The molecule has 0 saturated carbocycles. The van der Waals surface area contributed by atoms with Gasteiger partial charge in [-0.1, -0.05) is 28.7 Å². The number of hydrogen-bond donors (Lipinski definition) is 0. The van der Waals surface area contributed by atoms with Crippen molar-refractivity contribution < 1.29 is 22.0 Å². The molecule has 0 aromatic carbocycles. The molecule has 0 saturated heterocycles. The van der Waals surface area contributed by atoms with Gasteiger partial charge in [0, 0.05) is 6.20 Å². The van der Waals surface area contributed by atoms with Gasteiger partial charge in [0.05, 0.1) is 10.8 Å². The Bertz CT molecular complexity index is 346. The van der Waals surface area contributed by atoms with Crippen molar-refractivity contribution in [2.24, 2.45) is 0 Å². The summed E-state index contributed by atoms with van der Waals surface area (Å²) in [6, 6.07) is 1.95. The highest BCUT2D eigenvalue weighted by atomic mass is 127. The fourth-order valence-electron chi connectivity index (χ4n) is 1.05. The summed E-state index contributed by atoms with van der Waals surface area (Å²) in [6.07, 6.45) is -4.67. The summed E-state index contributed by atoms with van der Waals surface area (Å²) in [4.78, 5) is 3.35. The summed E-state index contributed by atoms with van der Waals surface area (Å²) < 4.78 is 61.6. The van der Waals surface area contributed by atoms with Gasteiger partial charge in [-0.25, -0.2) is 0 Å². The lowest BCUT2D eigenvalue weighted by Gasteiger charge is -2.13. The average Bonchev–Trinajstić information content (AvgIpc) is 2.16. The van der Waals surface area contributed by atoms with Gasteiger partial charge in [-0.3, -0.25) is 4.98 Å². The predicted octanol–water partition coefficient (Wildman–Crippen LogP) is 3.71. The summed E-state index contributed by atoms with van der Waals surface area (Å²) in [5.41, 5.74) is -0.631. The van der Waals surface area contributed by atoms with Gasteiger partial charge in [-0.2, -0.15) is 22.0 Å². The lowest BCUT2D eigenvalue weighted by atomic mass is 10.1. The first-order valence-electron chi connectivity index (χ1n) is 4.20. The molecular formula is C9H7F5IN. The molecule has 0 aliphatic rings. The van der Waals surface area contributed by atoms with Crippen LogP contribution in [-0.2, 0) is 12.3 Å². The zero-order valence-corrected chi connectivity index (χ0v) is 10.0. The zero-order chi connectivity index (χ0) is 12.4. The Balaban J connectivity index is 2.84. The van der Waals surface area contributed by atoms with Crippen molar-refractivity contribution in [2.75, 3.05) is 4.43 Å². The van der Waals surface area contributed by atoms with Gasteiger partial charge in [0.25, 0.3) is 5.92 Å². The number of alkyl halides is 6. The van der Waals surface area contributed by atoms with Crippen LogP contribution in [0.15, 0.2) is 18.3 Å². The van der Waals surface area contributed by atoms with Crippen LogP contribution in [0, 0.1) is 0 Å². The van der Waals surface area contributed by atoms with Gasteiger partial charge in [0.2, 0.25) is 0 Å². The van der Waals surface area contributed by atoms with Crippen molar-refractivity contribution in [3.8, 4) is 0 Å². The van der Waals surface area contributed by atoms with Crippen LogP contribution in [0.1, 0.15) is 11.3 Å². The van der Waals surface area contributed by atoms with Crippen LogP contribution in [-0.4, -0.2) is 15.6 Å². The van der Waals surface area contributed by atoms with E-state index in [2.05, 4.69) is 4.98 Å². The highest BCUT2D eigenvalue weighted by Crippen LogP contribution is 2.29. The zero-order valence-electron chi connectivity index (χ0n) is 7.86. The molecule has 16 heavy (non-hydrogen) atoms. The molecule has 0 unspecified atom stereocenters.